The molecule has 1 saturated heterocycles. The molecule has 0 bridgehead atoms. The maximum atomic E-state index is 12.4. The number of hydrogen-bond acceptors (Lipinski definition) is 4. The lowest BCUT2D eigenvalue weighted by molar-refractivity contribution is -0.138. The predicted octanol–water partition coefficient (Wildman–Crippen LogP) is 0.728. The van der Waals surface area contributed by atoms with Crippen LogP contribution < -0.4 is 10.6 Å². The average molecular weight is 348 g/mol. The van der Waals surface area contributed by atoms with Crippen LogP contribution in [-0.2, 0) is 25.5 Å². The number of carbonyl (C=O) groups is 3. The summed E-state index contributed by atoms with van der Waals surface area (Å²) in [6.45, 7) is 4.36. The summed E-state index contributed by atoms with van der Waals surface area (Å²) in [6.07, 6.45) is -0.958. The number of amides is 2. The van der Waals surface area contributed by atoms with E-state index in [2.05, 4.69) is 10.6 Å². The number of rotatable bonds is 9. The average Bonchev–Trinajstić information content (AvgIpc) is 3.35. The van der Waals surface area contributed by atoms with E-state index in [1.807, 2.05) is 44.2 Å². The molecule has 1 aliphatic rings. The van der Waals surface area contributed by atoms with Gasteiger partial charge in [0.15, 0.2) is 12.2 Å². The van der Waals surface area contributed by atoms with E-state index in [-0.39, 0.29) is 11.8 Å². The zero-order valence-corrected chi connectivity index (χ0v) is 14.4. The molecule has 7 nitrogen and oxygen atoms in total. The number of ether oxygens (including phenoxy) is 1. The molecule has 25 heavy (non-hydrogen) atoms. The third-order valence-corrected chi connectivity index (χ3v) is 3.89. The SMILES string of the molecule is CC(C)C[C@H](NC(=O)[C@H]1O[C@@H]1C(=O)O)C(=O)NCCc1ccccc1. The van der Waals surface area contributed by atoms with Crippen molar-refractivity contribution in [2.45, 2.75) is 44.9 Å². The molecule has 0 radical (unpaired) electrons. The summed E-state index contributed by atoms with van der Waals surface area (Å²) < 4.78 is 4.82. The fourth-order valence-electron chi connectivity index (χ4n) is 2.55. The third-order valence-electron chi connectivity index (χ3n) is 3.89. The van der Waals surface area contributed by atoms with Gasteiger partial charge < -0.3 is 20.5 Å². The van der Waals surface area contributed by atoms with Crippen molar-refractivity contribution in [3.05, 3.63) is 35.9 Å². The van der Waals surface area contributed by atoms with Gasteiger partial charge in [-0.2, -0.15) is 0 Å². The molecule has 0 aliphatic carbocycles. The van der Waals surface area contributed by atoms with Crippen molar-refractivity contribution in [3.63, 3.8) is 0 Å². The molecule has 0 unspecified atom stereocenters. The third kappa shape index (κ3) is 5.86. The van der Waals surface area contributed by atoms with Crippen molar-refractivity contribution in [3.8, 4) is 0 Å². The smallest absolute Gasteiger partial charge is 0.336 e. The Labute approximate surface area is 146 Å². The van der Waals surface area contributed by atoms with Gasteiger partial charge in [0.2, 0.25) is 5.91 Å². The fraction of sp³-hybridized carbons (Fsp3) is 0.500. The molecule has 1 aliphatic heterocycles. The standard InChI is InChI=1S/C18H24N2O5/c1-11(2)10-13(20-17(22)14-15(25-14)18(23)24)16(21)19-9-8-12-6-4-3-5-7-12/h3-7,11,13-15H,8-10H2,1-2H3,(H,19,21)(H,20,22)(H,23,24)/t13-,14-,15-/m0/s1. The van der Waals surface area contributed by atoms with Gasteiger partial charge in [-0.25, -0.2) is 4.79 Å². The van der Waals surface area contributed by atoms with Gasteiger partial charge in [-0.1, -0.05) is 44.2 Å². The van der Waals surface area contributed by atoms with Gasteiger partial charge in [-0.05, 0) is 24.3 Å². The Hall–Kier alpha value is -2.41. The van der Waals surface area contributed by atoms with Gasteiger partial charge in [0.25, 0.3) is 5.91 Å². The largest absolute Gasteiger partial charge is 0.479 e. The van der Waals surface area contributed by atoms with Crippen LogP contribution in [0.4, 0.5) is 0 Å². The zero-order chi connectivity index (χ0) is 18.4. The van der Waals surface area contributed by atoms with E-state index < -0.39 is 30.1 Å². The molecule has 3 atom stereocenters. The molecular formula is C18H24N2O5. The van der Waals surface area contributed by atoms with Crippen LogP contribution in [0.25, 0.3) is 0 Å². The highest BCUT2D eigenvalue weighted by Crippen LogP contribution is 2.22. The van der Waals surface area contributed by atoms with Gasteiger partial charge >= 0.3 is 5.97 Å². The van der Waals surface area contributed by atoms with E-state index in [0.29, 0.717) is 19.4 Å². The molecule has 1 heterocycles. The first-order chi connectivity index (χ1) is 11.9. The lowest BCUT2D eigenvalue weighted by atomic mass is 10.0. The van der Waals surface area contributed by atoms with E-state index >= 15 is 0 Å². The second-order valence-corrected chi connectivity index (χ2v) is 6.53. The Morgan fingerprint density at radius 3 is 2.40 bits per heavy atom. The molecule has 2 rings (SSSR count). The second kappa shape index (κ2) is 8.62. The van der Waals surface area contributed by atoms with Crippen molar-refractivity contribution in [1.82, 2.24) is 10.6 Å². The van der Waals surface area contributed by atoms with Crippen LogP contribution in [0.5, 0.6) is 0 Å². The summed E-state index contributed by atoms with van der Waals surface area (Å²) in [7, 11) is 0. The molecule has 2 amide bonds. The van der Waals surface area contributed by atoms with Crippen LogP contribution in [-0.4, -0.2) is 47.7 Å². The van der Waals surface area contributed by atoms with Gasteiger partial charge in [0.05, 0.1) is 0 Å². The first kappa shape index (κ1) is 18.9. The van der Waals surface area contributed by atoms with Crippen LogP contribution in [0.1, 0.15) is 25.8 Å². The Kier molecular flexibility index (Phi) is 6.52. The summed E-state index contributed by atoms with van der Waals surface area (Å²) in [5.41, 5.74) is 1.11. The monoisotopic (exact) mass is 348 g/mol. The molecule has 1 aromatic carbocycles. The maximum absolute atomic E-state index is 12.4. The van der Waals surface area contributed by atoms with Crippen LogP contribution >= 0.6 is 0 Å². The van der Waals surface area contributed by atoms with Crippen molar-refractivity contribution in [2.24, 2.45) is 5.92 Å². The zero-order valence-electron chi connectivity index (χ0n) is 14.4. The maximum Gasteiger partial charge on any atom is 0.336 e. The van der Waals surface area contributed by atoms with E-state index in [9.17, 15) is 14.4 Å². The van der Waals surface area contributed by atoms with Gasteiger partial charge in [0, 0.05) is 6.54 Å². The number of aliphatic carboxylic acids is 1. The van der Waals surface area contributed by atoms with E-state index in [1.165, 1.54) is 0 Å². The number of nitrogens with one attached hydrogen (secondary N) is 2. The highest BCUT2D eigenvalue weighted by Gasteiger charge is 2.51. The number of hydrogen-bond donors (Lipinski definition) is 3. The molecule has 0 spiro atoms. The Morgan fingerprint density at radius 1 is 1.16 bits per heavy atom. The fourth-order valence-corrected chi connectivity index (χ4v) is 2.55. The van der Waals surface area contributed by atoms with Crippen molar-refractivity contribution in [2.75, 3.05) is 6.54 Å². The molecule has 7 heteroatoms. The van der Waals surface area contributed by atoms with Crippen LogP contribution in [0.2, 0.25) is 0 Å². The first-order valence-electron chi connectivity index (χ1n) is 8.38. The van der Waals surface area contributed by atoms with E-state index in [1.54, 1.807) is 0 Å². The van der Waals surface area contributed by atoms with Crippen LogP contribution in [0, 0.1) is 5.92 Å². The quantitative estimate of drug-likeness (QED) is 0.570. The predicted molar refractivity (Wildman–Crippen MR) is 90.8 cm³/mol. The van der Waals surface area contributed by atoms with Gasteiger partial charge in [0.1, 0.15) is 6.04 Å². The number of carboxylic acid groups (broad SMARTS) is 1. The highest BCUT2D eigenvalue weighted by atomic mass is 16.6. The number of epoxide rings is 1. The van der Waals surface area contributed by atoms with Gasteiger partial charge in [-0.15, -0.1) is 0 Å². The molecular weight excluding hydrogens is 324 g/mol. The van der Waals surface area contributed by atoms with Gasteiger partial charge in [-0.3, -0.25) is 9.59 Å². The topological polar surface area (TPSA) is 108 Å². The summed E-state index contributed by atoms with van der Waals surface area (Å²) in [5, 5.41) is 14.2. The number of carboxylic acids is 1. The number of benzene rings is 1. The molecule has 136 valence electrons. The Morgan fingerprint density at radius 2 is 1.84 bits per heavy atom. The minimum Gasteiger partial charge on any atom is -0.479 e. The summed E-state index contributed by atoms with van der Waals surface area (Å²) in [6, 6.07) is 9.06. The molecule has 0 aromatic heterocycles. The van der Waals surface area contributed by atoms with Crippen molar-refractivity contribution >= 4 is 17.8 Å². The summed E-state index contributed by atoms with van der Waals surface area (Å²) in [5.74, 6) is -1.81. The molecule has 3 N–H and O–H groups in total. The minimum atomic E-state index is -1.17. The second-order valence-electron chi connectivity index (χ2n) is 6.53. The van der Waals surface area contributed by atoms with Crippen LogP contribution in [0.3, 0.4) is 0 Å². The normalized spacial score (nSPS) is 20.0. The lowest BCUT2D eigenvalue weighted by Gasteiger charge is -2.20. The highest BCUT2D eigenvalue weighted by molar-refractivity contribution is 5.95. The van der Waals surface area contributed by atoms with E-state index in [0.717, 1.165) is 5.56 Å². The lowest BCUT2D eigenvalue weighted by Crippen LogP contribution is -2.49. The Balaban J connectivity index is 1.84. The first-order valence-corrected chi connectivity index (χ1v) is 8.38. The van der Waals surface area contributed by atoms with Crippen LogP contribution in [0.15, 0.2) is 30.3 Å². The molecule has 0 saturated carbocycles. The Bertz CT molecular complexity index is 617. The molecule has 1 fully saturated rings. The number of carbonyl (C=O) groups excluding carboxylic acids is 2. The summed E-state index contributed by atoms with van der Waals surface area (Å²) in [4.78, 5) is 35.2. The minimum absolute atomic E-state index is 0.195. The van der Waals surface area contributed by atoms with E-state index in [4.69, 9.17) is 9.84 Å². The summed E-state index contributed by atoms with van der Waals surface area (Å²) >= 11 is 0. The van der Waals surface area contributed by atoms with Crippen molar-refractivity contribution in [1.29, 1.82) is 0 Å². The molecule has 1 aromatic rings. The van der Waals surface area contributed by atoms with Crippen molar-refractivity contribution < 1.29 is 24.2 Å².